The summed E-state index contributed by atoms with van der Waals surface area (Å²) in [5.41, 5.74) is 0. The molecule has 0 amide bonds. The van der Waals surface area contributed by atoms with Crippen molar-refractivity contribution < 1.29 is 19.4 Å². The van der Waals surface area contributed by atoms with Crippen LogP contribution in [0.3, 0.4) is 0 Å². The molecule has 0 radical (unpaired) electrons. The molecule has 1 aromatic rings. The molecule has 112 valence electrons. The molecule has 1 aromatic carbocycles. The number of aliphatic carboxylic acids is 1. The van der Waals surface area contributed by atoms with Crippen molar-refractivity contribution >= 4 is 5.97 Å². The fraction of sp³-hybridized carbons (Fsp3) is 0.533. The third kappa shape index (κ3) is 5.93. The number of hydrogen-bond donors (Lipinski definition) is 1. The van der Waals surface area contributed by atoms with Crippen LogP contribution in [0.2, 0.25) is 0 Å². The lowest BCUT2D eigenvalue weighted by Crippen LogP contribution is -2.36. The highest BCUT2D eigenvalue weighted by atomic mass is 16.5. The third-order valence-corrected chi connectivity index (χ3v) is 2.99. The first-order chi connectivity index (χ1) is 9.52. The van der Waals surface area contributed by atoms with Gasteiger partial charge in [-0.3, -0.25) is 9.69 Å². The summed E-state index contributed by atoms with van der Waals surface area (Å²) in [4.78, 5) is 12.7. The normalized spacial score (nSPS) is 10.8. The molecule has 0 unspecified atom stereocenters. The molecule has 0 atom stereocenters. The van der Waals surface area contributed by atoms with Crippen molar-refractivity contribution in [1.29, 1.82) is 0 Å². The first kappa shape index (κ1) is 16.3. The molecular formula is C15H23NO4. The van der Waals surface area contributed by atoms with Crippen molar-refractivity contribution in [2.45, 2.75) is 26.3 Å². The average Bonchev–Trinajstić information content (AvgIpc) is 2.42. The number of hydrogen-bond acceptors (Lipinski definition) is 4. The maximum absolute atomic E-state index is 10.7. The maximum atomic E-state index is 10.7. The molecule has 0 saturated carbocycles. The Morgan fingerprint density at radius 1 is 1.25 bits per heavy atom. The molecule has 0 aromatic heterocycles. The largest absolute Gasteiger partial charge is 0.497 e. The van der Waals surface area contributed by atoms with Crippen LogP contribution < -0.4 is 9.47 Å². The van der Waals surface area contributed by atoms with Gasteiger partial charge in [-0.2, -0.15) is 0 Å². The monoisotopic (exact) mass is 281 g/mol. The minimum atomic E-state index is -0.797. The van der Waals surface area contributed by atoms with Gasteiger partial charge < -0.3 is 14.6 Å². The van der Waals surface area contributed by atoms with E-state index in [4.69, 9.17) is 14.6 Å². The number of carboxylic acids is 1. The average molecular weight is 281 g/mol. The molecule has 0 spiro atoms. The summed E-state index contributed by atoms with van der Waals surface area (Å²) in [5.74, 6) is 0.791. The van der Waals surface area contributed by atoms with Gasteiger partial charge in [0.15, 0.2) is 0 Å². The van der Waals surface area contributed by atoms with E-state index in [-0.39, 0.29) is 12.6 Å². The van der Waals surface area contributed by atoms with Crippen molar-refractivity contribution in [1.82, 2.24) is 4.90 Å². The van der Waals surface area contributed by atoms with Gasteiger partial charge in [0.2, 0.25) is 0 Å². The Balaban J connectivity index is 2.30. The number of carbonyl (C=O) groups is 1. The maximum Gasteiger partial charge on any atom is 0.317 e. The smallest absolute Gasteiger partial charge is 0.317 e. The predicted octanol–water partition coefficient (Wildman–Crippen LogP) is 2.26. The molecule has 1 N–H and O–H groups in total. The second-order valence-electron chi connectivity index (χ2n) is 4.84. The van der Waals surface area contributed by atoms with Gasteiger partial charge in [-0.1, -0.05) is 0 Å². The number of benzene rings is 1. The van der Waals surface area contributed by atoms with Gasteiger partial charge in [0.25, 0.3) is 0 Å². The molecule has 0 bridgehead atoms. The standard InChI is InChI=1S/C15H23NO4/c1-12(2)16(11-15(17)18)9-4-10-20-14-7-5-13(19-3)6-8-14/h5-8,12H,4,9-11H2,1-3H3,(H,17,18). The van der Waals surface area contributed by atoms with E-state index in [1.165, 1.54) is 0 Å². The number of carboxylic acid groups (broad SMARTS) is 1. The van der Waals surface area contributed by atoms with E-state index in [0.29, 0.717) is 13.2 Å². The number of ether oxygens (including phenoxy) is 2. The zero-order chi connectivity index (χ0) is 15.0. The number of nitrogens with zero attached hydrogens (tertiary/aromatic N) is 1. The molecular weight excluding hydrogens is 258 g/mol. The minimum Gasteiger partial charge on any atom is -0.497 e. The second kappa shape index (κ2) is 8.43. The van der Waals surface area contributed by atoms with Crippen molar-refractivity contribution in [3.63, 3.8) is 0 Å². The number of methoxy groups -OCH3 is 1. The Bertz CT molecular complexity index is 403. The first-order valence-electron chi connectivity index (χ1n) is 6.75. The van der Waals surface area contributed by atoms with Crippen molar-refractivity contribution in [3.05, 3.63) is 24.3 Å². The van der Waals surface area contributed by atoms with E-state index >= 15 is 0 Å². The van der Waals surface area contributed by atoms with Gasteiger partial charge in [-0.05, 0) is 44.5 Å². The second-order valence-corrected chi connectivity index (χ2v) is 4.84. The van der Waals surface area contributed by atoms with Crippen molar-refractivity contribution in [2.24, 2.45) is 0 Å². The van der Waals surface area contributed by atoms with E-state index in [9.17, 15) is 4.79 Å². The third-order valence-electron chi connectivity index (χ3n) is 2.99. The fourth-order valence-electron chi connectivity index (χ4n) is 1.82. The van der Waals surface area contributed by atoms with Gasteiger partial charge >= 0.3 is 5.97 Å². The molecule has 20 heavy (non-hydrogen) atoms. The topological polar surface area (TPSA) is 59.0 Å². The van der Waals surface area contributed by atoms with Crippen LogP contribution in [-0.2, 0) is 4.79 Å². The molecule has 0 aliphatic heterocycles. The highest BCUT2D eigenvalue weighted by Gasteiger charge is 2.12. The summed E-state index contributed by atoms with van der Waals surface area (Å²) in [6.07, 6.45) is 0.789. The molecule has 0 aliphatic rings. The van der Waals surface area contributed by atoms with Crippen molar-refractivity contribution in [2.75, 3.05) is 26.8 Å². The van der Waals surface area contributed by atoms with Crippen LogP contribution in [0.1, 0.15) is 20.3 Å². The zero-order valence-electron chi connectivity index (χ0n) is 12.3. The Kier molecular flexibility index (Phi) is 6.87. The summed E-state index contributed by atoms with van der Waals surface area (Å²) >= 11 is 0. The molecule has 0 fully saturated rings. The lowest BCUT2D eigenvalue weighted by atomic mass is 10.3. The van der Waals surface area contributed by atoms with Crippen LogP contribution in [0.25, 0.3) is 0 Å². The van der Waals surface area contributed by atoms with E-state index in [1.807, 2.05) is 43.0 Å². The summed E-state index contributed by atoms with van der Waals surface area (Å²) in [6.45, 7) is 5.33. The van der Waals surface area contributed by atoms with E-state index in [2.05, 4.69) is 0 Å². The Labute approximate surface area is 120 Å². The summed E-state index contributed by atoms with van der Waals surface area (Å²) < 4.78 is 10.7. The quantitative estimate of drug-likeness (QED) is 0.704. The van der Waals surface area contributed by atoms with Crippen molar-refractivity contribution in [3.8, 4) is 11.5 Å². The molecule has 0 heterocycles. The summed E-state index contributed by atoms with van der Waals surface area (Å²) in [5, 5.41) is 8.83. The van der Waals surface area contributed by atoms with Gasteiger partial charge in [0.1, 0.15) is 11.5 Å². The highest BCUT2D eigenvalue weighted by molar-refractivity contribution is 5.69. The first-order valence-corrected chi connectivity index (χ1v) is 6.75. The molecule has 5 nitrogen and oxygen atoms in total. The molecule has 1 rings (SSSR count). The van der Waals surface area contributed by atoms with Gasteiger partial charge in [-0.25, -0.2) is 0 Å². The Morgan fingerprint density at radius 3 is 2.35 bits per heavy atom. The van der Waals surface area contributed by atoms with Crippen LogP contribution in [0.4, 0.5) is 0 Å². The highest BCUT2D eigenvalue weighted by Crippen LogP contribution is 2.17. The lowest BCUT2D eigenvalue weighted by molar-refractivity contribution is -0.138. The van der Waals surface area contributed by atoms with Crippen LogP contribution in [0.5, 0.6) is 11.5 Å². The summed E-state index contributed by atoms with van der Waals surface area (Å²) in [7, 11) is 1.62. The van der Waals surface area contributed by atoms with E-state index in [0.717, 1.165) is 17.9 Å². The Morgan fingerprint density at radius 2 is 1.85 bits per heavy atom. The minimum absolute atomic E-state index is 0.0696. The predicted molar refractivity (Wildman–Crippen MR) is 77.5 cm³/mol. The molecule has 5 heteroatoms. The van der Waals surface area contributed by atoms with E-state index in [1.54, 1.807) is 7.11 Å². The van der Waals surface area contributed by atoms with E-state index < -0.39 is 5.97 Å². The zero-order valence-corrected chi connectivity index (χ0v) is 12.3. The number of rotatable bonds is 9. The van der Waals surface area contributed by atoms with Gasteiger partial charge in [-0.15, -0.1) is 0 Å². The SMILES string of the molecule is COc1ccc(OCCCN(CC(=O)O)C(C)C)cc1. The van der Waals surface area contributed by atoms with Crippen LogP contribution in [0, 0.1) is 0 Å². The van der Waals surface area contributed by atoms with Crippen LogP contribution in [0.15, 0.2) is 24.3 Å². The Hall–Kier alpha value is -1.75. The van der Waals surface area contributed by atoms with Crippen LogP contribution >= 0.6 is 0 Å². The fourth-order valence-corrected chi connectivity index (χ4v) is 1.82. The molecule has 0 saturated heterocycles. The van der Waals surface area contributed by atoms with Gasteiger partial charge in [0.05, 0.1) is 20.3 Å². The lowest BCUT2D eigenvalue weighted by Gasteiger charge is -2.24. The van der Waals surface area contributed by atoms with Crippen LogP contribution in [-0.4, -0.2) is 48.8 Å². The molecule has 0 aliphatic carbocycles. The van der Waals surface area contributed by atoms with Gasteiger partial charge in [0, 0.05) is 12.6 Å². The summed E-state index contributed by atoms with van der Waals surface area (Å²) in [6, 6.07) is 7.62.